The molecular weight excluding hydrogens is 624 g/mol. The Bertz CT molecular complexity index is 1300. The molecule has 1 aromatic rings. The van der Waals surface area contributed by atoms with E-state index in [1.807, 2.05) is 0 Å². The molecule has 0 saturated carbocycles. The van der Waals surface area contributed by atoms with Crippen molar-refractivity contribution in [2.75, 3.05) is 19.6 Å². The van der Waals surface area contributed by atoms with Gasteiger partial charge in [0.25, 0.3) is 0 Å². The van der Waals surface area contributed by atoms with Crippen molar-refractivity contribution < 1.29 is 53.2 Å². The molecule has 1 aliphatic rings. The first kappa shape index (κ1) is 38.5. The summed E-state index contributed by atoms with van der Waals surface area (Å²) in [5, 5.41) is 35.5. The normalized spacial score (nSPS) is 16.0. The van der Waals surface area contributed by atoms with Gasteiger partial charge in [-0.15, -0.1) is 0 Å². The van der Waals surface area contributed by atoms with Crippen molar-refractivity contribution in [3.05, 3.63) is 28.3 Å². The molecule has 1 fully saturated rings. The van der Waals surface area contributed by atoms with Crippen LogP contribution in [0.1, 0.15) is 70.0 Å². The van der Waals surface area contributed by atoms with Gasteiger partial charge in [-0.2, -0.15) is 0 Å². The number of unbranched alkanes of at least 4 members (excludes halogenated alkanes) is 2. The second-order valence-electron chi connectivity index (χ2n) is 11.0. The molecule has 0 aromatic carbocycles. The average Bonchev–Trinajstić information content (AvgIpc) is 3.53. The fraction of sp³-hybridized carbons (Fsp3) is 0.621. The second kappa shape index (κ2) is 19.7. The van der Waals surface area contributed by atoms with Crippen LogP contribution in [0.2, 0.25) is 0 Å². The molecule has 4 unspecified atom stereocenters. The molecule has 10 N–H and O–H groups in total. The number of amides is 4. The maximum atomic E-state index is 13.4. The third kappa shape index (κ3) is 12.9. The number of carbonyl (C=O) groups excluding carboxylic acids is 4. The summed E-state index contributed by atoms with van der Waals surface area (Å²) in [6, 6.07) is -4.00. The van der Waals surface area contributed by atoms with E-state index >= 15 is 0 Å². The molecule has 2 heterocycles. The van der Waals surface area contributed by atoms with E-state index in [9.17, 15) is 48.9 Å². The third-order valence-corrected chi connectivity index (χ3v) is 7.42. The SMILES string of the molecule is NCCCCC(NC(=O)C(CCC(=O)O)NC(=O)C(CCCCN)NC(=O)C1CCCN1C(=O)OCc1cc(=O)c(O)co1)C(=O)O. The minimum Gasteiger partial charge on any atom is -0.502 e. The first-order valence-electron chi connectivity index (χ1n) is 15.4. The molecular formula is C29H44N6O12. The Morgan fingerprint density at radius 3 is 2.09 bits per heavy atom. The molecule has 0 bridgehead atoms. The molecule has 0 aliphatic carbocycles. The number of ether oxygens (including phenoxy) is 1. The molecule has 18 nitrogen and oxygen atoms in total. The highest BCUT2D eigenvalue weighted by atomic mass is 16.6. The van der Waals surface area contributed by atoms with Crippen molar-refractivity contribution in [2.24, 2.45) is 11.5 Å². The zero-order chi connectivity index (χ0) is 34.9. The minimum absolute atomic E-state index is 0.0373. The fourth-order valence-corrected chi connectivity index (χ4v) is 4.85. The lowest BCUT2D eigenvalue weighted by Crippen LogP contribution is -2.57. The van der Waals surface area contributed by atoms with Gasteiger partial charge in [-0.25, -0.2) is 9.59 Å². The van der Waals surface area contributed by atoms with Crippen LogP contribution in [0.25, 0.3) is 0 Å². The topological polar surface area (TPSA) is 294 Å². The first-order chi connectivity index (χ1) is 22.4. The van der Waals surface area contributed by atoms with E-state index in [0.717, 1.165) is 17.2 Å². The largest absolute Gasteiger partial charge is 0.502 e. The van der Waals surface area contributed by atoms with E-state index in [2.05, 4.69) is 16.0 Å². The molecule has 4 atom stereocenters. The van der Waals surface area contributed by atoms with Crippen LogP contribution in [0.15, 0.2) is 21.5 Å². The van der Waals surface area contributed by atoms with Gasteiger partial charge >= 0.3 is 18.0 Å². The summed E-state index contributed by atoms with van der Waals surface area (Å²) in [6.45, 7) is 0.344. The van der Waals surface area contributed by atoms with E-state index in [0.29, 0.717) is 45.2 Å². The molecule has 262 valence electrons. The van der Waals surface area contributed by atoms with Gasteiger partial charge in [-0.1, -0.05) is 0 Å². The summed E-state index contributed by atoms with van der Waals surface area (Å²) in [4.78, 5) is 88.4. The highest BCUT2D eigenvalue weighted by Gasteiger charge is 2.37. The van der Waals surface area contributed by atoms with Gasteiger partial charge < -0.3 is 51.9 Å². The van der Waals surface area contributed by atoms with E-state index in [1.165, 1.54) is 0 Å². The summed E-state index contributed by atoms with van der Waals surface area (Å²) >= 11 is 0. The number of nitrogens with one attached hydrogen (secondary N) is 3. The number of carboxylic acids is 2. The van der Waals surface area contributed by atoms with Crippen LogP contribution in [0.3, 0.4) is 0 Å². The molecule has 0 spiro atoms. The molecule has 1 saturated heterocycles. The third-order valence-electron chi connectivity index (χ3n) is 7.42. The zero-order valence-electron chi connectivity index (χ0n) is 26.0. The maximum Gasteiger partial charge on any atom is 0.410 e. The number of hydrogen-bond donors (Lipinski definition) is 8. The Hall–Kier alpha value is -4.71. The van der Waals surface area contributed by atoms with E-state index < -0.39 is 84.1 Å². The highest BCUT2D eigenvalue weighted by molar-refractivity contribution is 5.95. The van der Waals surface area contributed by atoms with E-state index in [4.69, 9.17) is 20.6 Å². The number of carboxylic acid groups (broad SMARTS) is 2. The van der Waals surface area contributed by atoms with Crippen LogP contribution in [0.5, 0.6) is 5.75 Å². The van der Waals surface area contributed by atoms with Gasteiger partial charge in [0, 0.05) is 19.0 Å². The van der Waals surface area contributed by atoms with Crippen LogP contribution in [0, 0.1) is 0 Å². The van der Waals surface area contributed by atoms with Gasteiger partial charge in [0.05, 0.1) is 0 Å². The summed E-state index contributed by atoms with van der Waals surface area (Å²) in [5.74, 6) is -5.60. The summed E-state index contributed by atoms with van der Waals surface area (Å²) in [5.41, 5.74) is 10.3. The van der Waals surface area contributed by atoms with Crippen LogP contribution in [0.4, 0.5) is 4.79 Å². The van der Waals surface area contributed by atoms with E-state index in [-0.39, 0.29) is 38.0 Å². The number of nitrogens with zero attached hydrogens (tertiary/aromatic N) is 1. The quantitative estimate of drug-likeness (QED) is 0.0782. The standard InChI is InChI=1S/C29H44N6O12/c30-11-3-1-6-18(25(40)32-19(9-10-24(38)39)26(41)34-20(28(43)44)7-2-4-12-31)33-27(42)21-8-5-13-35(21)29(45)47-15-17-14-22(36)23(37)16-46-17/h14,16,18-21,37H,1-13,15,30-31H2,(H,32,40)(H,33,42)(H,34,41)(H,38,39)(H,43,44). The van der Waals surface area contributed by atoms with Gasteiger partial charge in [-0.3, -0.25) is 28.9 Å². The second-order valence-corrected chi connectivity index (χ2v) is 11.0. The van der Waals surface area contributed by atoms with Crippen LogP contribution < -0.4 is 32.8 Å². The van der Waals surface area contributed by atoms with Gasteiger partial charge in [0.2, 0.25) is 23.2 Å². The van der Waals surface area contributed by atoms with Crippen molar-refractivity contribution >= 4 is 35.8 Å². The van der Waals surface area contributed by atoms with Crippen LogP contribution in [-0.4, -0.2) is 99.8 Å². The van der Waals surface area contributed by atoms with Crippen molar-refractivity contribution in [1.29, 1.82) is 0 Å². The lowest BCUT2D eigenvalue weighted by molar-refractivity contribution is -0.143. The average molecular weight is 669 g/mol. The number of aromatic hydroxyl groups is 1. The predicted octanol–water partition coefficient (Wildman–Crippen LogP) is -0.892. The van der Waals surface area contributed by atoms with Crippen LogP contribution >= 0.6 is 0 Å². The smallest absolute Gasteiger partial charge is 0.410 e. The Morgan fingerprint density at radius 2 is 1.51 bits per heavy atom. The Kier molecular flexibility index (Phi) is 16.1. The lowest BCUT2D eigenvalue weighted by atomic mass is 10.0. The number of nitrogens with two attached hydrogens (primary N) is 2. The van der Waals surface area contributed by atoms with Crippen molar-refractivity contribution in [2.45, 2.75) is 95.0 Å². The Labute approximate surface area is 270 Å². The molecule has 18 heteroatoms. The van der Waals surface area contributed by atoms with Crippen LogP contribution in [-0.2, 0) is 35.3 Å². The molecule has 1 aromatic heterocycles. The number of aliphatic carboxylic acids is 2. The highest BCUT2D eigenvalue weighted by Crippen LogP contribution is 2.20. The minimum atomic E-state index is -1.43. The van der Waals surface area contributed by atoms with Gasteiger partial charge in [-0.05, 0) is 70.9 Å². The Balaban J connectivity index is 2.14. The number of rotatable bonds is 20. The summed E-state index contributed by atoms with van der Waals surface area (Å²) in [6.07, 6.45) is 1.74. The fourth-order valence-electron chi connectivity index (χ4n) is 4.85. The molecule has 1 aliphatic heterocycles. The number of carbonyl (C=O) groups is 6. The molecule has 2 rings (SSSR count). The Morgan fingerprint density at radius 1 is 0.915 bits per heavy atom. The summed E-state index contributed by atoms with van der Waals surface area (Å²) < 4.78 is 10.2. The monoisotopic (exact) mass is 668 g/mol. The van der Waals surface area contributed by atoms with Crippen molar-refractivity contribution in [3.8, 4) is 5.75 Å². The van der Waals surface area contributed by atoms with Gasteiger partial charge in [0.1, 0.15) is 36.2 Å². The number of likely N-dealkylation sites (tertiary alicyclic amines) is 1. The first-order valence-corrected chi connectivity index (χ1v) is 15.4. The molecule has 0 radical (unpaired) electrons. The molecule has 4 amide bonds. The molecule has 47 heavy (non-hydrogen) atoms. The maximum absolute atomic E-state index is 13.4. The lowest BCUT2D eigenvalue weighted by Gasteiger charge is -2.27. The predicted molar refractivity (Wildman–Crippen MR) is 163 cm³/mol. The zero-order valence-corrected chi connectivity index (χ0v) is 26.0. The van der Waals surface area contributed by atoms with Crippen molar-refractivity contribution in [3.63, 3.8) is 0 Å². The summed E-state index contributed by atoms with van der Waals surface area (Å²) in [7, 11) is 0. The van der Waals surface area contributed by atoms with Gasteiger partial charge in [0.15, 0.2) is 12.4 Å². The van der Waals surface area contributed by atoms with E-state index in [1.54, 1.807) is 0 Å². The number of hydrogen-bond acceptors (Lipinski definition) is 12. The van der Waals surface area contributed by atoms with Crippen molar-refractivity contribution in [1.82, 2.24) is 20.9 Å².